The summed E-state index contributed by atoms with van der Waals surface area (Å²) in [5.74, 6) is -0.790. The molecule has 2 bridgehead atoms. The highest BCUT2D eigenvalue weighted by Gasteiger charge is 2.30. The molecule has 0 saturated carbocycles. The van der Waals surface area contributed by atoms with Crippen LogP contribution in [0.25, 0.3) is 0 Å². The molecule has 0 unspecified atom stereocenters. The SMILES string of the molecule is CC[C@H](/C=C(/C)[C@@H]1CCCCC(C)(C)c2cccc(c2)C[C@@H](O)[C@H](O)C(=O)O1)CO. The van der Waals surface area contributed by atoms with Gasteiger partial charge in [-0.05, 0) is 54.7 Å². The Hall–Kier alpha value is -1.69. The van der Waals surface area contributed by atoms with Crippen molar-refractivity contribution >= 4 is 5.97 Å². The quantitative estimate of drug-likeness (QED) is 0.513. The number of cyclic esters (lactones) is 1. The molecule has 30 heavy (non-hydrogen) atoms. The fourth-order valence-electron chi connectivity index (χ4n) is 4.04. The first-order valence-corrected chi connectivity index (χ1v) is 11.1. The van der Waals surface area contributed by atoms with E-state index in [1.807, 2.05) is 32.1 Å². The van der Waals surface area contributed by atoms with E-state index in [9.17, 15) is 20.1 Å². The maximum atomic E-state index is 12.6. The molecule has 5 nitrogen and oxygen atoms in total. The minimum absolute atomic E-state index is 0.00898. The summed E-state index contributed by atoms with van der Waals surface area (Å²) in [6.45, 7) is 8.39. The lowest BCUT2D eigenvalue weighted by atomic mass is 9.79. The van der Waals surface area contributed by atoms with Gasteiger partial charge in [-0.2, -0.15) is 0 Å². The molecule has 4 atom stereocenters. The van der Waals surface area contributed by atoms with Gasteiger partial charge in [0.25, 0.3) is 0 Å². The van der Waals surface area contributed by atoms with Gasteiger partial charge in [0.2, 0.25) is 0 Å². The van der Waals surface area contributed by atoms with E-state index < -0.39 is 24.3 Å². The Balaban J connectivity index is 2.29. The van der Waals surface area contributed by atoms with Crippen molar-refractivity contribution in [3.05, 3.63) is 47.0 Å². The molecular weight excluding hydrogens is 380 g/mol. The molecule has 2 rings (SSSR count). The van der Waals surface area contributed by atoms with Crippen LogP contribution in [-0.2, 0) is 21.4 Å². The zero-order chi connectivity index (χ0) is 22.3. The number of carbonyl (C=O) groups excluding carboxylic acids is 1. The predicted octanol–water partition coefficient (Wildman–Crippen LogP) is 3.68. The Morgan fingerprint density at radius 1 is 1.30 bits per heavy atom. The van der Waals surface area contributed by atoms with Gasteiger partial charge in [0.1, 0.15) is 6.10 Å². The van der Waals surface area contributed by atoms with Crippen molar-refractivity contribution in [1.82, 2.24) is 0 Å². The molecule has 0 fully saturated rings. The molecule has 1 aliphatic heterocycles. The van der Waals surface area contributed by atoms with Crippen molar-refractivity contribution in [3.8, 4) is 0 Å². The molecule has 168 valence electrons. The Kier molecular flexibility index (Phi) is 9.08. The summed E-state index contributed by atoms with van der Waals surface area (Å²) < 4.78 is 5.64. The van der Waals surface area contributed by atoms with Crippen LogP contribution in [-0.4, -0.2) is 46.2 Å². The molecule has 0 spiro atoms. The molecule has 0 radical (unpaired) electrons. The average Bonchev–Trinajstić information content (AvgIpc) is 2.72. The molecule has 1 aromatic carbocycles. The van der Waals surface area contributed by atoms with Gasteiger partial charge in [0.15, 0.2) is 6.10 Å². The maximum absolute atomic E-state index is 12.6. The molecule has 0 amide bonds. The molecule has 3 N–H and O–H groups in total. The van der Waals surface area contributed by atoms with Gasteiger partial charge in [-0.25, -0.2) is 4.79 Å². The Labute approximate surface area is 180 Å². The van der Waals surface area contributed by atoms with Crippen LogP contribution < -0.4 is 0 Å². The van der Waals surface area contributed by atoms with E-state index >= 15 is 0 Å². The van der Waals surface area contributed by atoms with Gasteiger partial charge in [0, 0.05) is 18.9 Å². The third kappa shape index (κ3) is 6.66. The van der Waals surface area contributed by atoms with Gasteiger partial charge in [0.05, 0.1) is 6.10 Å². The highest BCUT2D eigenvalue weighted by molar-refractivity contribution is 5.75. The summed E-state index contributed by atoms with van der Waals surface area (Å²) in [6, 6.07) is 8.03. The van der Waals surface area contributed by atoms with Crippen molar-refractivity contribution in [2.45, 2.75) is 89.9 Å². The van der Waals surface area contributed by atoms with Gasteiger partial charge in [-0.15, -0.1) is 0 Å². The van der Waals surface area contributed by atoms with Crippen LogP contribution >= 0.6 is 0 Å². The molecule has 0 aliphatic carbocycles. The third-order valence-electron chi connectivity index (χ3n) is 6.30. The van der Waals surface area contributed by atoms with Gasteiger partial charge < -0.3 is 20.1 Å². The summed E-state index contributed by atoms with van der Waals surface area (Å²) in [7, 11) is 0. The highest BCUT2D eigenvalue weighted by Crippen LogP contribution is 2.31. The van der Waals surface area contributed by atoms with E-state index in [0.29, 0.717) is 6.42 Å². The van der Waals surface area contributed by atoms with E-state index in [4.69, 9.17) is 4.74 Å². The Bertz CT molecular complexity index is 720. The Morgan fingerprint density at radius 3 is 2.70 bits per heavy atom. The second-order valence-electron chi connectivity index (χ2n) is 9.23. The zero-order valence-electron chi connectivity index (χ0n) is 18.8. The van der Waals surface area contributed by atoms with Crippen LogP contribution in [0.4, 0.5) is 0 Å². The van der Waals surface area contributed by atoms with Crippen LogP contribution in [0.15, 0.2) is 35.9 Å². The summed E-state index contributed by atoms with van der Waals surface area (Å²) in [5, 5.41) is 30.3. The minimum Gasteiger partial charge on any atom is -0.456 e. The monoisotopic (exact) mass is 418 g/mol. The number of esters is 1. The molecule has 1 heterocycles. The van der Waals surface area contributed by atoms with E-state index in [1.165, 1.54) is 5.56 Å². The van der Waals surface area contributed by atoms with Crippen LogP contribution in [0.1, 0.15) is 70.9 Å². The first kappa shape index (κ1) is 24.6. The molecule has 1 aliphatic rings. The standard InChI is InChI=1S/C25H38O5/c1-5-18(16-26)13-17(2)22-11-6-7-12-25(3,4)20-10-8-9-19(14-20)15-21(27)23(28)24(29)30-22/h8-10,13-14,18,21-23,26-28H,5-7,11-12,15-16H2,1-4H3/b17-13-/t18-,21-,22+,23+/m1/s1. The second kappa shape index (κ2) is 11.1. The van der Waals surface area contributed by atoms with Crippen molar-refractivity contribution in [2.24, 2.45) is 5.92 Å². The first-order chi connectivity index (χ1) is 14.2. The van der Waals surface area contributed by atoms with E-state index in [1.54, 1.807) is 0 Å². The van der Waals surface area contributed by atoms with Gasteiger partial charge in [-0.1, -0.05) is 57.5 Å². The van der Waals surface area contributed by atoms with Crippen molar-refractivity contribution < 1.29 is 24.9 Å². The lowest BCUT2D eigenvalue weighted by molar-refractivity contribution is -0.163. The van der Waals surface area contributed by atoms with Gasteiger partial charge >= 0.3 is 5.97 Å². The molecular formula is C25H38O5. The lowest BCUT2D eigenvalue weighted by Gasteiger charge is -2.28. The molecule has 1 aromatic rings. The fraction of sp³-hybridized carbons (Fsp3) is 0.640. The highest BCUT2D eigenvalue weighted by atomic mass is 16.6. The summed E-state index contributed by atoms with van der Waals surface area (Å²) in [4.78, 5) is 12.6. The van der Waals surface area contributed by atoms with Crippen LogP contribution in [0.5, 0.6) is 0 Å². The predicted molar refractivity (Wildman–Crippen MR) is 118 cm³/mol. The zero-order valence-corrected chi connectivity index (χ0v) is 18.8. The molecule has 5 heteroatoms. The maximum Gasteiger partial charge on any atom is 0.338 e. The smallest absolute Gasteiger partial charge is 0.338 e. The van der Waals surface area contributed by atoms with Crippen LogP contribution in [0, 0.1) is 5.92 Å². The average molecular weight is 419 g/mol. The number of carbonyl (C=O) groups is 1. The summed E-state index contributed by atoms with van der Waals surface area (Å²) >= 11 is 0. The number of fused-ring (bicyclic) bond motifs is 2. The minimum atomic E-state index is -1.60. The summed E-state index contributed by atoms with van der Waals surface area (Å²) in [6.07, 6.45) is 3.14. The van der Waals surface area contributed by atoms with Crippen molar-refractivity contribution in [3.63, 3.8) is 0 Å². The van der Waals surface area contributed by atoms with Crippen LogP contribution in [0.3, 0.4) is 0 Å². The van der Waals surface area contributed by atoms with E-state index in [-0.39, 0.29) is 24.4 Å². The topological polar surface area (TPSA) is 87.0 Å². The number of benzene rings is 1. The number of hydrogen-bond acceptors (Lipinski definition) is 5. The largest absolute Gasteiger partial charge is 0.456 e. The first-order valence-electron chi connectivity index (χ1n) is 11.1. The van der Waals surface area contributed by atoms with Crippen LogP contribution in [0.2, 0.25) is 0 Å². The van der Waals surface area contributed by atoms with E-state index in [0.717, 1.165) is 36.8 Å². The second-order valence-corrected chi connectivity index (χ2v) is 9.23. The lowest BCUT2D eigenvalue weighted by Crippen LogP contribution is -2.39. The third-order valence-corrected chi connectivity index (χ3v) is 6.30. The number of ether oxygens (including phenoxy) is 1. The number of aliphatic hydroxyl groups excluding tert-OH is 3. The Morgan fingerprint density at radius 2 is 2.03 bits per heavy atom. The van der Waals surface area contributed by atoms with E-state index in [2.05, 4.69) is 26.0 Å². The molecule has 0 saturated heterocycles. The van der Waals surface area contributed by atoms with Crippen molar-refractivity contribution in [1.29, 1.82) is 0 Å². The normalized spacial score (nSPS) is 27.1. The van der Waals surface area contributed by atoms with Gasteiger partial charge in [-0.3, -0.25) is 0 Å². The number of aliphatic hydroxyl groups is 3. The number of rotatable bonds is 4. The fourth-order valence-corrected chi connectivity index (χ4v) is 4.04. The molecule has 0 aromatic heterocycles. The number of hydrogen-bond donors (Lipinski definition) is 3. The van der Waals surface area contributed by atoms with Crippen molar-refractivity contribution in [2.75, 3.05) is 6.61 Å². The summed E-state index contributed by atoms with van der Waals surface area (Å²) in [5.41, 5.74) is 2.95.